The van der Waals surface area contributed by atoms with Crippen LogP contribution < -0.4 is 10.6 Å². The molecule has 0 aromatic heterocycles. The van der Waals surface area contributed by atoms with Crippen molar-refractivity contribution in [3.8, 4) is 0 Å². The molecule has 1 fully saturated rings. The first kappa shape index (κ1) is 12.6. The van der Waals surface area contributed by atoms with Gasteiger partial charge in [0, 0.05) is 10.9 Å². The Balaban J connectivity index is 1.86. The van der Waals surface area contributed by atoms with Crippen molar-refractivity contribution in [2.75, 3.05) is 18.4 Å². The molecule has 17 heavy (non-hydrogen) atoms. The number of carbonyl (C=O) groups is 1. The zero-order chi connectivity index (χ0) is 12.1. The lowest BCUT2D eigenvalue weighted by Crippen LogP contribution is -2.30. The highest BCUT2D eigenvalue weighted by Gasteiger charge is 2.17. The van der Waals surface area contributed by atoms with Crippen LogP contribution >= 0.6 is 15.9 Å². The van der Waals surface area contributed by atoms with Crippen LogP contribution in [0.15, 0.2) is 28.7 Å². The molecule has 0 atom stereocenters. The van der Waals surface area contributed by atoms with E-state index in [4.69, 9.17) is 0 Å². The molecule has 0 bridgehead atoms. The second-order valence-electron chi connectivity index (χ2n) is 4.43. The molecule has 0 unspecified atom stereocenters. The molecule has 2 N–H and O–H groups in total. The summed E-state index contributed by atoms with van der Waals surface area (Å²) >= 11 is 3.43. The third-order valence-corrected chi connectivity index (χ3v) is 3.77. The van der Waals surface area contributed by atoms with Crippen LogP contribution in [-0.2, 0) is 4.79 Å². The maximum Gasteiger partial charge on any atom is 0.224 e. The van der Waals surface area contributed by atoms with Crippen molar-refractivity contribution in [2.45, 2.75) is 19.3 Å². The van der Waals surface area contributed by atoms with Crippen molar-refractivity contribution in [3.05, 3.63) is 28.7 Å². The van der Waals surface area contributed by atoms with Gasteiger partial charge in [-0.05, 0) is 59.9 Å². The zero-order valence-corrected chi connectivity index (χ0v) is 11.3. The van der Waals surface area contributed by atoms with Crippen molar-refractivity contribution < 1.29 is 4.79 Å². The van der Waals surface area contributed by atoms with Crippen molar-refractivity contribution in [1.82, 2.24) is 5.32 Å². The summed E-state index contributed by atoms with van der Waals surface area (Å²) in [6.45, 7) is 2.07. The van der Waals surface area contributed by atoms with Crippen LogP contribution in [0.2, 0.25) is 0 Å². The fraction of sp³-hybridized carbons (Fsp3) is 0.462. The fourth-order valence-corrected chi connectivity index (χ4v) is 2.50. The predicted octanol–water partition coefficient (Wildman–Crippen LogP) is 2.78. The van der Waals surface area contributed by atoms with E-state index in [2.05, 4.69) is 26.6 Å². The molecule has 2 rings (SSSR count). The number of carbonyl (C=O) groups excluding carboxylic acids is 1. The summed E-state index contributed by atoms with van der Waals surface area (Å²) in [4.78, 5) is 11.9. The summed E-state index contributed by atoms with van der Waals surface area (Å²) < 4.78 is 0.929. The third-order valence-electron chi connectivity index (χ3n) is 3.08. The minimum atomic E-state index is 0.115. The monoisotopic (exact) mass is 296 g/mol. The molecule has 1 aliphatic rings. The molecule has 92 valence electrons. The Hall–Kier alpha value is -0.870. The van der Waals surface area contributed by atoms with E-state index in [0.717, 1.165) is 36.1 Å². The molecule has 0 saturated carbocycles. The summed E-state index contributed by atoms with van der Waals surface area (Å²) in [6, 6.07) is 7.70. The Bertz CT molecular complexity index is 389. The second-order valence-corrected chi connectivity index (χ2v) is 5.28. The van der Waals surface area contributed by atoms with Gasteiger partial charge in [-0.25, -0.2) is 0 Å². The van der Waals surface area contributed by atoms with Crippen LogP contribution in [0.25, 0.3) is 0 Å². The Morgan fingerprint density at radius 2 is 2.06 bits per heavy atom. The van der Waals surface area contributed by atoms with Gasteiger partial charge in [0.1, 0.15) is 0 Å². The minimum absolute atomic E-state index is 0.115. The first-order valence-electron chi connectivity index (χ1n) is 6.01. The summed E-state index contributed by atoms with van der Waals surface area (Å²) in [6.07, 6.45) is 2.83. The molecule has 1 heterocycles. The van der Waals surface area contributed by atoms with Gasteiger partial charge in [-0.15, -0.1) is 0 Å². The van der Waals surface area contributed by atoms with Crippen LogP contribution in [0.3, 0.4) is 0 Å². The first-order chi connectivity index (χ1) is 8.25. The van der Waals surface area contributed by atoms with Gasteiger partial charge in [-0.2, -0.15) is 0 Å². The van der Waals surface area contributed by atoms with E-state index in [0.29, 0.717) is 12.3 Å². The van der Waals surface area contributed by atoms with Crippen LogP contribution in [0, 0.1) is 5.92 Å². The number of para-hydroxylation sites is 1. The molecule has 1 aliphatic heterocycles. The minimum Gasteiger partial charge on any atom is -0.325 e. The van der Waals surface area contributed by atoms with Crippen molar-refractivity contribution in [3.63, 3.8) is 0 Å². The normalized spacial score (nSPS) is 16.8. The van der Waals surface area contributed by atoms with Crippen molar-refractivity contribution in [1.29, 1.82) is 0 Å². The Morgan fingerprint density at radius 3 is 2.76 bits per heavy atom. The highest BCUT2D eigenvalue weighted by atomic mass is 79.9. The summed E-state index contributed by atoms with van der Waals surface area (Å²) in [7, 11) is 0. The third kappa shape index (κ3) is 3.82. The van der Waals surface area contributed by atoms with E-state index in [1.165, 1.54) is 0 Å². The Morgan fingerprint density at radius 1 is 1.35 bits per heavy atom. The zero-order valence-electron chi connectivity index (χ0n) is 9.71. The maximum atomic E-state index is 11.9. The van der Waals surface area contributed by atoms with E-state index in [9.17, 15) is 4.79 Å². The lowest BCUT2D eigenvalue weighted by Gasteiger charge is -2.22. The molecule has 1 amide bonds. The molecule has 1 aromatic carbocycles. The predicted molar refractivity (Wildman–Crippen MR) is 73.0 cm³/mol. The van der Waals surface area contributed by atoms with Gasteiger partial charge in [0.2, 0.25) is 5.91 Å². The highest BCUT2D eigenvalue weighted by molar-refractivity contribution is 9.10. The van der Waals surface area contributed by atoms with E-state index < -0.39 is 0 Å². The van der Waals surface area contributed by atoms with Gasteiger partial charge in [-0.3, -0.25) is 4.79 Å². The summed E-state index contributed by atoms with van der Waals surface area (Å²) in [5.74, 6) is 0.641. The molecular formula is C13H17BrN2O. The number of benzene rings is 1. The SMILES string of the molecule is O=C(CC1CCNCC1)Nc1ccccc1Br. The molecule has 0 spiro atoms. The van der Waals surface area contributed by atoms with Gasteiger partial charge in [0.15, 0.2) is 0 Å². The molecule has 3 nitrogen and oxygen atoms in total. The number of piperidine rings is 1. The van der Waals surface area contributed by atoms with Crippen molar-refractivity contribution >= 4 is 27.5 Å². The van der Waals surface area contributed by atoms with E-state index in [1.54, 1.807) is 0 Å². The average Bonchev–Trinajstić information content (AvgIpc) is 2.33. The van der Waals surface area contributed by atoms with Crippen LogP contribution in [0.4, 0.5) is 5.69 Å². The van der Waals surface area contributed by atoms with Crippen LogP contribution in [0.1, 0.15) is 19.3 Å². The number of hydrogen-bond donors (Lipinski definition) is 2. The van der Waals surface area contributed by atoms with E-state index in [-0.39, 0.29) is 5.91 Å². The lowest BCUT2D eigenvalue weighted by atomic mass is 9.94. The fourth-order valence-electron chi connectivity index (χ4n) is 2.11. The van der Waals surface area contributed by atoms with Gasteiger partial charge in [0.25, 0.3) is 0 Å². The van der Waals surface area contributed by atoms with Gasteiger partial charge in [-0.1, -0.05) is 12.1 Å². The summed E-state index contributed by atoms with van der Waals surface area (Å²) in [5.41, 5.74) is 0.853. The molecule has 4 heteroatoms. The molecule has 1 saturated heterocycles. The molecular weight excluding hydrogens is 280 g/mol. The number of amides is 1. The Labute approximate surface area is 110 Å². The maximum absolute atomic E-state index is 11.9. The summed E-state index contributed by atoms with van der Waals surface area (Å²) in [5, 5.41) is 6.26. The van der Waals surface area contributed by atoms with Crippen LogP contribution in [-0.4, -0.2) is 19.0 Å². The molecule has 0 radical (unpaired) electrons. The second kappa shape index (κ2) is 6.17. The molecule has 0 aliphatic carbocycles. The van der Waals surface area contributed by atoms with Crippen molar-refractivity contribution in [2.24, 2.45) is 5.92 Å². The Kier molecular flexibility index (Phi) is 4.57. The van der Waals surface area contributed by atoms with Crippen LogP contribution in [0.5, 0.6) is 0 Å². The molecule has 1 aromatic rings. The number of rotatable bonds is 3. The quantitative estimate of drug-likeness (QED) is 0.900. The van der Waals surface area contributed by atoms with Gasteiger partial charge >= 0.3 is 0 Å². The lowest BCUT2D eigenvalue weighted by molar-refractivity contribution is -0.117. The first-order valence-corrected chi connectivity index (χ1v) is 6.80. The van der Waals surface area contributed by atoms with Gasteiger partial charge < -0.3 is 10.6 Å². The number of hydrogen-bond acceptors (Lipinski definition) is 2. The van der Waals surface area contributed by atoms with E-state index >= 15 is 0 Å². The largest absolute Gasteiger partial charge is 0.325 e. The average molecular weight is 297 g/mol. The smallest absolute Gasteiger partial charge is 0.224 e. The number of nitrogens with one attached hydrogen (secondary N) is 2. The topological polar surface area (TPSA) is 41.1 Å². The van der Waals surface area contributed by atoms with Gasteiger partial charge in [0.05, 0.1) is 5.69 Å². The van der Waals surface area contributed by atoms with E-state index in [1.807, 2.05) is 24.3 Å². The highest BCUT2D eigenvalue weighted by Crippen LogP contribution is 2.22. The number of anilines is 1. The number of halogens is 1. The standard InChI is InChI=1S/C13H17BrN2O/c14-11-3-1-2-4-12(11)16-13(17)9-10-5-7-15-8-6-10/h1-4,10,15H,5-9H2,(H,16,17).